The number of rotatable bonds is 4. The Balaban J connectivity index is 1.54. The molecule has 1 fully saturated rings. The summed E-state index contributed by atoms with van der Waals surface area (Å²) in [6, 6.07) is 8.90. The highest BCUT2D eigenvalue weighted by atomic mass is 32.1. The number of nitrogens with zero attached hydrogens (tertiary/aromatic N) is 4. The van der Waals surface area contributed by atoms with Gasteiger partial charge in [0.25, 0.3) is 0 Å². The van der Waals surface area contributed by atoms with Crippen LogP contribution in [0.25, 0.3) is 16.8 Å². The van der Waals surface area contributed by atoms with Crippen molar-refractivity contribution in [3.8, 4) is 11.3 Å². The molecule has 6 heteroatoms. The third-order valence-corrected chi connectivity index (χ3v) is 5.43. The molecule has 1 saturated carbocycles. The number of hydrogen-bond donors (Lipinski definition) is 1. The molecule has 4 aromatic heterocycles. The Morgan fingerprint density at radius 2 is 2.21 bits per heavy atom. The summed E-state index contributed by atoms with van der Waals surface area (Å²) in [6.45, 7) is 2.27. The van der Waals surface area contributed by atoms with E-state index in [1.54, 1.807) is 11.3 Å². The smallest absolute Gasteiger partial charge is 0.155 e. The summed E-state index contributed by atoms with van der Waals surface area (Å²) >= 11 is 1.67. The first-order chi connectivity index (χ1) is 11.8. The second-order valence-electron chi connectivity index (χ2n) is 6.34. The zero-order valence-electron chi connectivity index (χ0n) is 13.3. The minimum absolute atomic E-state index is 0.572. The average molecular weight is 335 g/mol. The standard InChI is InChI=1S/C18H17N5S/c1-12-9-16(12)23-11-13(10-20-23)14-4-5-15-18(19-6-7-22(14)15)21-17-3-2-8-24-17/h2-8,10-12,16H,9H2,1H3,(H,19,21). The van der Waals surface area contributed by atoms with Gasteiger partial charge in [0.15, 0.2) is 5.82 Å². The van der Waals surface area contributed by atoms with E-state index in [0.29, 0.717) is 6.04 Å². The van der Waals surface area contributed by atoms with E-state index >= 15 is 0 Å². The van der Waals surface area contributed by atoms with Crippen molar-refractivity contribution in [1.82, 2.24) is 19.2 Å². The van der Waals surface area contributed by atoms with Crippen LogP contribution in [-0.4, -0.2) is 19.2 Å². The van der Waals surface area contributed by atoms with Crippen LogP contribution in [0.1, 0.15) is 19.4 Å². The van der Waals surface area contributed by atoms with Crippen LogP contribution in [0.15, 0.2) is 54.4 Å². The number of fused-ring (bicyclic) bond motifs is 1. The van der Waals surface area contributed by atoms with E-state index in [9.17, 15) is 0 Å². The second kappa shape index (κ2) is 5.21. The fourth-order valence-corrected chi connectivity index (χ4v) is 3.78. The lowest BCUT2D eigenvalue weighted by molar-refractivity contribution is 0.605. The highest BCUT2D eigenvalue weighted by Gasteiger charge is 2.35. The first kappa shape index (κ1) is 13.8. The highest BCUT2D eigenvalue weighted by molar-refractivity contribution is 7.14. The average Bonchev–Trinajstić information content (AvgIpc) is 3.06. The summed E-state index contributed by atoms with van der Waals surface area (Å²) in [5, 5.41) is 11.1. The van der Waals surface area contributed by atoms with Crippen LogP contribution in [0.5, 0.6) is 0 Å². The van der Waals surface area contributed by atoms with Gasteiger partial charge in [-0.3, -0.25) is 4.68 Å². The van der Waals surface area contributed by atoms with Crippen molar-refractivity contribution in [3.63, 3.8) is 0 Å². The summed E-state index contributed by atoms with van der Waals surface area (Å²) < 4.78 is 4.27. The fourth-order valence-electron chi connectivity index (χ4n) is 3.16. The van der Waals surface area contributed by atoms with E-state index in [-0.39, 0.29) is 0 Å². The van der Waals surface area contributed by atoms with Gasteiger partial charge in [-0.15, -0.1) is 11.3 Å². The van der Waals surface area contributed by atoms with Crippen molar-refractivity contribution in [2.45, 2.75) is 19.4 Å². The Bertz CT molecular complexity index is 998. The van der Waals surface area contributed by atoms with Gasteiger partial charge in [-0.25, -0.2) is 4.98 Å². The molecule has 0 amide bonds. The van der Waals surface area contributed by atoms with Gasteiger partial charge in [0.05, 0.1) is 28.5 Å². The quantitative estimate of drug-likeness (QED) is 0.593. The van der Waals surface area contributed by atoms with Crippen molar-refractivity contribution in [1.29, 1.82) is 0 Å². The lowest BCUT2D eigenvalue weighted by atomic mass is 10.2. The fraction of sp³-hybridized carbons (Fsp3) is 0.222. The molecule has 0 aliphatic heterocycles. The molecule has 5 nitrogen and oxygen atoms in total. The predicted octanol–water partition coefficient (Wildman–Crippen LogP) is 4.58. The number of nitrogens with one attached hydrogen (secondary N) is 1. The molecular formula is C18H17N5S. The van der Waals surface area contributed by atoms with E-state index in [0.717, 1.165) is 33.5 Å². The van der Waals surface area contributed by atoms with Crippen molar-refractivity contribution in [2.75, 3.05) is 5.32 Å². The molecule has 0 radical (unpaired) electrons. The SMILES string of the molecule is CC1CC1n1cc(-c2ccc3c(Nc4cccs4)nccn23)cn1. The van der Waals surface area contributed by atoms with E-state index in [4.69, 9.17) is 0 Å². The maximum atomic E-state index is 4.55. The minimum atomic E-state index is 0.572. The van der Waals surface area contributed by atoms with Gasteiger partial charge in [-0.1, -0.05) is 6.92 Å². The first-order valence-electron chi connectivity index (χ1n) is 8.11. The van der Waals surface area contributed by atoms with Crippen LogP contribution < -0.4 is 5.32 Å². The van der Waals surface area contributed by atoms with Gasteiger partial charge in [0.1, 0.15) is 0 Å². The Kier molecular flexibility index (Phi) is 2.99. The Hall–Kier alpha value is -2.60. The molecule has 4 heterocycles. The zero-order valence-corrected chi connectivity index (χ0v) is 14.1. The van der Waals surface area contributed by atoms with Gasteiger partial charge in [0.2, 0.25) is 0 Å². The van der Waals surface area contributed by atoms with Crippen molar-refractivity contribution in [2.24, 2.45) is 5.92 Å². The highest BCUT2D eigenvalue weighted by Crippen LogP contribution is 2.42. The zero-order chi connectivity index (χ0) is 16.1. The van der Waals surface area contributed by atoms with Crippen molar-refractivity contribution < 1.29 is 0 Å². The van der Waals surface area contributed by atoms with E-state index in [1.807, 2.05) is 24.7 Å². The summed E-state index contributed by atoms with van der Waals surface area (Å²) in [6.07, 6.45) is 9.18. The lowest BCUT2D eigenvalue weighted by Gasteiger charge is -2.06. The Morgan fingerprint density at radius 3 is 3.00 bits per heavy atom. The molecule has 0 bridgehead atoms. The van der Waals surface area contributed by atoms with Gasteiger partial charge in [-0.2, -0.15) is 5.10 Å². The normalized spacial score (nSPS) is 19.7. The molecule has 0 saturated heterocycles. The molecule has 1 aliphatic carbocycles. The molecule has 0 aromatic carbocycles. The molecule has 1 N–H and O–H groups in total. The largest absolute Gasteiger partial charge is 0.330 e. The molecular weight excluding hydrogens is 318 g/mol. The van der Waals surface area contributed by atoms with E-state index in [2.05, 4.69) is 61.2 Å². The maximum Gasteiger partial charge on any atom is 0.155 e. The molecule has 2 unspecified atom stereocenters. The van der Waals surface area contributed by atoms with Crippen LogP contribution in [0, 0.1) is 5.92 Å². The van der Waals surface area contributed by atoms with Crippen LogP contribution in [-0.2, 0) is 0 Å². The minimum Gasteiger partial charge on any atom is -0.330 e. The number of thiophene rings is 1. The molecule has 2 atom stereocenters. The number of hydrogen-bond acceptors (Lipinski definition) is 4. The van der Waals surface area contributed by atoms with Crippen LogP contribution in [0.3, 0.4) is 0 Å². The summed E-state index contributed by atoms with van der Waals surface area (Å²) in [5.74, 6) is 1.61. The second-order valence-corrected chi connectivity index (χ2v) is 7.29. The predicted molar refractivity (Wildman–Crippen MR) is 96.8 cm³/mol. The molecule has 0 spiro atoms. The maximum absolute atomic E-state index is 4.55. The number of aromatic nitrogens is 4. The van der Waals surface area contributed by atoms with E-state index < -0.39 is 0 Å². The monoisotopic (exact) mass is 335 g/mol. The van der Waals surface area contributed by atoms with Gasteiger partial charge in [0, 0.05) is 24.2 Å². The van der Waals surface area contributed by atoms with E-state index in [1.165, 1.54) is 6.42 Å². The summed E-state index contributed by atoms with van der Waals surface area (Å²) in [5.41, 5.74) is 3.34. The molecule has 120 valence electrons. The van der Waals surface area contributed by atoms with Crippen molar-refractivity contribution >= 4 is 27.7 Å². The van der Waals surface area contributed by atoms with Crippen LogP contribution in [0.4, 0.5) is 10.8 Å². The first-order valence-corrected chi connectivity index (χ1v) is 8.99. The number of anilines is 2. The molecule has 1 aliphatic rings. The van der Waals surface area contributed by atoms with Crippen LogP contribution in [0.2, 0.25) is 0 Å². The van der Waals surface area contributed by atoms with Gasteiger partial charge < -0.3 is 9.72 Å². The summed E-state index contributed by atoms with van der Waals surface area (Å²) in [7, 11) is 0. The summed E-state index contributed by atoms with van der Waals surface area (Å²) in [4.78, 5) is 4.50. The van der Waals surface area contributed by atoms with Gasteiger partial charge in [-0.05, 0) is 42.0 Å². The topological polar surface area (TPSA) is 47.2 Å². The third-order valence-electron chi connectivity index (χ3n) is 4.65. The van der Waals surface area contributed by atoms with Crippen molar-refractivity contribution in [3.05, 3.63) is 54.4 Å². The Labute approximate surface area is 143 Å². The third kappa shape index (κ3) is 2.22. The van der Waals surface area contributed by atoms with Crippen LogP contribution >= 0.6 is 11.3 Å². The molecule has 24 heavy (non-hydrogen) atoms. The molecule has 5 rings (SSSR count). The van der Waals surface area contributed by atoms with Gasteiger partial charge >= 0.3 is 0 Å². The molecule has 4 aromatic rings. The Morgan fingerprint density at radius 1 is 1.29 bits per heavy atom. The lowest BCUT2D eigenvalue weighted by Crippen LogP contribution is -1.96.